The van der Waals surface area contributed by atoms with E-state index in [2.05, 4.69) is 5.32 Å². The van der Waals surface area contributed by atoms with Crippen LogP contribution in [0.5, 0.6) is 0 Å². The van der Waals surface area contributed by atoms with Gasteiger partial charge < -0.3 is 10.1 Å². The molecule has 2 unspecified atom stereocenters. The monoisotopic (exact) mass is 223 g/mol. The van der Waals surface area contributed by atoms with Gasteiger partial charge >= 0.3 is 5.97 Å². The van der Waals surface area contributed by atoms with E-state index in [1.165, 1.54) is 19.2 Å². The highest BCUT2D eigenvalue weighted by atomic mass is 19.1. The van der Waals surface area contributed by atoms with E-state index in [0.717, 1.165) is 18.5 Å². The molecule has 0 spiro atoms. The lowest BCUT2D eigenvalue weighted by molar-refractivity contribution is -0.145. The van der Waals surface area contributed by atoms with Gasteiger partial charge in [-0.3, -0.25) is 4.79 Å². The van der Waals surface area contributed by atoms with Crippen LogP contribution in [0.1, 0.15) is 18.0 Å². The number of hydrogen-bond acceptors (Lipinski definition) is 3. The molecular formula is C12H14FNO2. The lowest BCUT2D eigenvalue weighted by Crippen LogP contribution is -2.24. The molecule has 1 N–H and O–H groups in total. The van der Waals surface area contributed by atoms with Crippen molar-refractivity contribution in [3.05, 3.63) is 35.6 Å². The van der Waals surface area contributed by atoms with E-state index in [4.69, 9.17) is 4.74 Å². The predicted octanol–water partition coefficient (Wildman–Crippen LogP) is 1.65. The van der Waals surface area contributed by atoms with Crippen molar-refractivity contribution in [3.63, 3.8) is 0 Å². The van der Waals surface area contributed by atoms with Gasteiger partial charge in [0.1, 0.15) is 5.82 Å². The zero-order valence-electron chi connectivity index (χ0n) is 9.07. The summed E-state index contributed by atoms with van der Waals surface area (Å²) in [5, 5.41) is 3.23. The number of benzene rings is 1. The Morgan fingerprint density at radius 2 is 2.12 bits per heavy atom. The normalized spacial score (nSPS) is 24.4. The second kappa shape index (κ2) is 4.61. The highest BCUT2D eigenvalue weighted by Gasteiger charge is 2.34. The van der Waals surface area contributed by atoms with Crippen LogP contribution in [0, 0.1) is 11.7 Å². The fourth-order valence-electron chi connectivity index (χ4n) is 2.13. The number of nitrogens with one attached hydrogen (secondary N) is 1. The molecule has 1 aromatic carbocycles. The third kappa shape index (κ3) is 2.07. The molecule has 0 aliphatic carbocycles. The Morgan fingerprint density at radius 3 is 2.75 bits per heavy atom. The number of halogens is 1. The number of ether oxygens (including phenoxy) is 1. The Kier molecular flexibility index (Phi) is 3.19. The van der Waals surface area contributed by atoms with E-state index < -0.39 is 0 Å². The van der Waals surface area contributed by atoms with Crippen molar-refractivity contribution < 1.29 is 13.9 Å². The predicted molar refractivity (Wildman–Crippen MR) is 57.3 cm³/mol. The van der Waals surface area contributed by atoms with Crippen LogP contribution in [0.3, 0.4) is 0 Å². The molecule has 1 saturated heterocycles. The molecular weight excluding hydrogens is 209 g/mol. The van der Waals surface area contributed by atoms with Crippen LogP contribution < -0.4 is 5.32 Å². The van der Waals surface area contributed by atoms with Crippen LogP contribution in [0.2, 0.25) is 0 Å². The van der Waals surface area contributed by atoms with Gasteiger partial charge in [0.25, 0.3) is 0 Å². The summed E-state index contributed by atoms with van der Waals surface area (Å²) >= 11 is 0. The maximum absolute atomic E-state index is 12.8. The van der Waals surface area contributed by atoms with Crippen LogP contribution in [-0.2, 0) is 9.53 Å². The molecule has 2 rings (SSSR count). The van der Waals surface area contributed by atoms with Gasteiger partial charge in [0.05, 0.1) is 13.0 Å². The number of rotatable bonds is 2. The lowest BCUT2D eigenvalue weighted by Gasteiger charge is -2.17. The third-order valence-corrected chi connectivity index (χ3v) is 2.96. The van der Waals surface area contributed by atoms with E-state index in [9.17, 15) is 9.18 Å². The topological polar surface area (TPSA) is 38.3 Å². The molecule has 0 amide bonds. The molecule has 4 heteroatoms. The second-order valence-corrected chi connectivity index (χ2v) is 3.90. The summed E-state index contributed by atoms with van der Waals surface area (Å²) in [6.07, 6.45) is 0.759. The van der Waals surface area contributed by atoms with Gasteiger partial charge in [-0.25, -0.2) is 4.39 Å². The first-order valence-electron chi connectivity index (χ1n) is 5.29. The summed E-state index contributed by atoms with van der Waals surface area (Å²) in [7, 11) is 1.39. The van der Waals surface area contributed by atoms with Crippen LogP contribution in [-0.4, -0.2) is 19.6 Å². The van der Waals surface area contributed by atoms with Crippen molar-refractivity contribution in [3.8, 4) is 0 Å². The van der Waals surface area contributed by atoms with Gasteiger partial charge in [0.2, 0.25) is 0 Å². The number of methoxy groups -OCH3 is 1. The minimum atomic E-state index is -0.267. The SMILES string of the molecule is COC(=O)C1CCNC1c1ccc(F)cc1. The van der Waals surface area contributed by atoms with Crippen molar-refractivity contribution in [2.75, 3.05) is 13.7 Å². The van der Waals surface area contributed by atoms with Crippen LogP contribution in [0.25, 0.3) is 0 Å². The summed E-state index contributed by atoms with van der Waals surface area (Å²) in [4.78, 5) is 11.5. The summed E-state index contributed by atoms with van der Waals surface area (Å²) in [5.74, 6) is -0.647. The molecule has 2 atom stereocenters. The van der Waals surface area contributed by atoms with Gasteiger partial charge in [-0.05, 0) is 30.7 Å². The fraction of sp³-hybridized carbons (Fsp3) is 0.417. The summed E-state index contributed by atoms with van der Waals surface area (Å²) in [6, 6.07) is 6.16. The van der Waals surface area contributed by atoms with E-state index in [0.29, 0.717) is 0 Å². The molecule has 3 nitrogen and oxygen atoms in total. The van der Waals surface area contributed by atoms with Crippen molar-refractivity contribution in [2.45, 2.75) is 12.5 Å². The molecule has 1 aliphatic rings. The first kappa shape index (κ1) is 11.1. The third-order valence-electron chi connectivity index (χ3n) is 2.96. The van der Waals surface area contributed by atoms with E-state index in [1.54, 1.807) is 12.1 Å². The van der Waals surface area contributed by atoms with Crippen molar-refractivity contribution in [1.29, 1.82) is 0 Å². The second-order valence-electron chi connectivity index (χ2n) is 3.90. The molecule has 16 heavy (non-hydrogen) atoms. The Hall–Kier alpha value is -1.42. The lowest BCUT2D eigenvalue weighted by atomic mass is 9.94. The molecule has 86 valence electrons. The van der Waals surface area contributed by atoms with E-state index in [1.807, 2.05) is 0 Å². The highest BCUT2D eigenvalue weighted by molar-refractivity contribution is 5.74. The average molecular weight is 223 g/mol. The fourth-order valence-corrected chi connectivity index (χ4v) is 2.13. The van der Waals surface area contributed by atoms with Crippen LogP contribution >= 0.6 is 0 Å². The maximum Gasteiger partial charge on any atom is 0.310 e. The first-order valence-corrected chi connectivity index (χ1v) is 5.29. The quantitative estimate of drug-likeness (QED) is 0.775. The van der Waals surface area contributed by atoms with Gasteiger partial charge in [0.15, 0.2) is 0 Å². The molecule has 0 saturated carbocycles. The molecule has 0 radical (unpaired) electrons. The summed E-state index contributed by atoms with van der Waals surface area (Å²) in [5.41, 5.74) is 0.925. The van der Waals surface area contributed by atoms with Crippen LogP contribution in [0.15, 0.2) is 24.3 Å². The summed E-state index contributed by atoms with van der Waals surface area (Å²) < 4.78 is 17.5. The van der Waals surface area contributed by atoms with Crippen molar-refractivity contribution in [2.24, 2.45) is 5.92 Å². The Bertz CT molecular complexity index is 377. The largest absolute Gasteiger partial charge is 0.469 e. The molecule has 1 aliphatic heterocycles. The van der Waals surface area contributed by atoms with Crippen LogP contribution in [0.4, 0.5) is 4.39 Å². The number of hydrogen-bond donors (Lipinski definition) is 1. The molecule has 1 heterocycles. The van der Waals surface area contributed by atoms with Gasteiger partial charge in [0, 0.05) is 6.04 Å². The average Bonchev–Trinajstić information content (AvgIpc) is 2.78. The molecule has 0 aromatic heterocycles. The molecule has 1 aromatic rings. The number of esters is 1. The molecule has 1 fully saturated rings. The minimum absolute atomic E-state index is 0.0620. The number of carbonyl (C=O) groups excluding carboxylic acids is 1. The standard InChI is InChI=1S/C12H14FNO2/c1-16-12(15)10-6-7-14-11(10)8-2-4-9(13)5-3-8/h2-5,10-11,14H,6-7H2,1H3. The minimum Gasteiger partial charge on any atom is -0.469 e. The smallest absolute Gasteiger partial charge is 0.310 e. The van der Waals surface area contributed by atoms with Gasteiger partial charge in [-0.15, -0.1) is 0 Å². The zero-order chi connectivity index (χ0) is 11.5. The van der Waals surface area contributed by atoms with Crippen molar-refractivity contribution in [1.82, 2.24) is 5.32 Å². The van der Waals surface area contributed by atoms with Gasteiger partial charge in [-0.2, -0.15) is 0 Å². The molecule has 0 bridgehead atoms. The van der Waals surface area contributed by atoms with E-state index >= 15 is 0 Å². The Balaban J connectivity index is 2.19. The Morgan fingerprint density at radius 1 is 1.44 bits per heavy atom. The first-order chi connectivity index (χ1) is 7.72. The van der Waals surface area contributed by atoms with Crippen molar-refractivity contribution >= 4 is 5.97 Å². The highest BCUT2D eigenvalue weighted by Crippen LogP contribution is 2.30. The number of carbonyl (C=O) groups is 1. The zero-order valence-corrected chi connectivity index (χ0v) is 9.07. The van der Waals surface area contributed by atoms with E-state index in [-0.39, 0.29) is 23.7 Å². The summed E-state index contributed by atoms with van der Waals surface area (Å²) in [6.45, 7) is 0.780. The Labute approximate surface area is 93.6 Å². The maximum atomic E-state index is 12.8. The van der Waals surface area contributed by atoms with Gasteiger partial charge in [-0.1, -0.05) is 12.1 Å².